The first kappa shape index (κ1) is 14.3. The fourth-order valence-corrected chi connectivity index (χ4v) is 2.77. The number of benzene rings is 2. The first-order valence-corrected chi connectivity index (χ1v) is 7.26. The molecule has 0 fully saturated rings. The van der Waals surface area contributed by atoms with Crippen LogP contribution >= 0.6 is 12.0 Å². The second-order valence-corrected chi connectivity index (χ2v) is 6.02. The second-order valence-electron chi connectivity index (χ2n) is 3.82. The standard InChI is InChI=1S/C11H10O6S2/c1-7-4-9(18-17-16-12)5-8-2-3-10(6-11(7)8)19(13,14)15/h2-6,12H,1H3,(H,13,14,15). The molecule has 0 radical (unpaired) electrons. The number of hydrogen-bond donors (Lipinski definition) is 2. The Hall–Kier alpha value is -1.16. The molecule has 2 aromatic rings. The van der Waals surface area contributed by atoms with Gasteiger partial charge in [0.1, 0.15) is 0 Å². The topological polar surface area (TPSA) is 93.1 Å². The van der Waals surface area contributed by atoms with Crippen molar-refractivity contribution in [2.75, 3.05) is 0 Å². The van der Waals surface area contributed by atoms with E-state index >= 15 is 0 Å². The van der Waals surface area contributed by atoms with Gasteiger partial charge in [-0.05, 0) is 47.5 Å². The molecule has 0 saturated heterocycles. The highest BCUT2D eigenvalue weighted by Gasteiger charge is 2.11. The lowest BCUT2D eigenvalue weighted by Gasteiger charge is -2.07. The van der Waals surface area contributed by atoms with Gasteiger partial charge in [-0.2, -0.15) is 8.42 Å². The maximum Gasteiger partial charge on any atom is 0.294 e. The van der Waals surface area contributed by atoms with Crippen molar-refractivity contribution in [2.45, 2.75) is 16.7 Å². The molecule has 6 nitrogen and oxygen atoms in total. The minimum Gasteiger partial charge on any atom is -0.282 e. The maximum atomic E-state index is 11.1. The summed E-state index contributed by atoms with van der Waals surface area (Å²) in [6, 6.07) is 7.77. The van der Waals surface area contributed by atoms with Crippen molar-refractivity contribution in [3.05, 3.63) is 35.9 Å². The summed E-state index contributed by atoms with van der Waals surface area (Å²) in [4.78, 5) is 0.525. The van der Waals surface area contributed by atoms with Crippen LogP contribution in [0.5, 0.6) is 0 Å². The third-order valence-electron chi connectivity index (χ3n) is 2.56. The van der Waals surface area contributed by atoms with Crippen molar-refractivity contribution in [2.24, 2.45) is 0 Å². The molecule has 0 atom stereocenters. The van der Waals surface area contributed by atoms with Gasteiger partial charge in [0, 0.05) is 4.90 Å². The van der Waals surface area contributed by atoms with Crippen LogP contribution in [0.3, 0.4) is 0 Å². The van der Waals surface area contributed by atoms with Gasteiger partial charge in [0.2, 0.25) is 0 Å². The van der Waals surface area contributed by atoms with E-state index in [1.807, 2.05) is 0 Å². The van der Waals surface area contributed by atoms with Crippen molar-refractivity contribution in [3.8, 4) is 0 Å². The van der Waals surface area contributed by atoms with Gasteiger partial charge in [0.05, 0.1) is 16.9 Å². The number of aryl methyl sites for hydroxylation is 1. The highest BCUT2D eigenvalue weighted by Crippen LogP contribution is 2.29. The van der Waals surface area contributed by atoms with Crippen LogP contribution in [0.15, 0.2) is 40.1 Å². The summed E-state index contributed by atoms with van der Waals surface area (Å²) in [5.41, 5.74) is 0.798. The molecular formula is C11H10O6S2. The molecule has 19 heavy (non-hydrogen) atoms. The highest BCUT2D eigenvalue weighted by molar-refractivity contribution is 7.94. The Labute approximate surface area is 113 Å². The predicted octanol–water partition coefficient (Wildman–Crippen LogP) is 2.82. The van der Waals surface area contributed by atoms with E-state index in [-0.39, 0.29) is 4.90 Å². The molecule has 0 amide bonds. The van der Waals surface area contributed by atoms with E-state index < -0.39 is 10.1 Å². The first-order chi connectivity index (χ1) is 8.91. The van der Waals surface area contributed by atoms with Crippen molar-refractivity contribution < 1.29 is 27.6 Å². The van der Waals surface area contributed by atoms with Gasteiger partial charge in [0.15, 0.2) is 0 Å². The van der Waals surface area contributed by atoms with Crippen LogP contribution in [0.25, 0.3) is 10.8 Å². The lowest BCUT2D eigenvalue weighted by Crippen LogP contribution is -1.97. The van der Waals surface area contributed by atoms with E-state index in [2.05, 4.69) is 9.37 Å². The quantitative estimate of drug-likeness (QED) is 0.388. The zero-order valence-electron chi connectivity index (χ0n) is 9.73. The van der Waals surface area contributed by atoms with Crippen molar-refractivity contribution >= 4 is 32.9 Å². The van der Waals surface area contributed by atoms with Crippen LogP contribution in [-0.2, 0) is 19.5 Å². The molecule has 0 aromatic heterocycles. The molecule has 0 aliphatic carbocycles. The summed E-state index contributed by atoms with van der Waals surface area (Å²) < 4.78 is 35.5. The largest absolute Gasteiger partial charge is 0.294 e. The molecule has 0 spiro atoms. The summed E-state index contributed by atoms with van der Waals surface area (Å²) in [6.07, 6.45) is 0. The summed E-state index contributed by atoms with van der Waals surface area (Å²) >= 11 is 0.819. The molecule has 0 heterocycles. The van der Waals surface area contributed by atoms with Gasteiger partial charge >= 0.3 is 0 Å². The van der Waals surface area contributed by atoms with Gasteiger partial charge in [-0.25, -0.2) is 5.26 Å². The number of hydrogen-bond acceptors (Lipinski definition) is 6. The van der Waals surface area contributed by atoms with E-state index in [0.717, 1.165) is 23.0 Å². The van der Waals surface area contributed by atoms with Crippen LogP contribution in [0.1, 0.15) is 5.56 Å². The fourth-order valence-electron chi connectivity index (χ4n) is 1.75. The molecule has 0 unspecified atom stereocenters. The number of fused-ring (bicyclic) bond motifs is 1. The van der Waals surface area contributed by atoms with E-state index in [1.165, 1.54) is 12.1 Å². The second kappa shape index (κ2) is 5.45. The Kier molecular flexibility index (Phi) is 4.09. The molecule has 2 rings (SSSR count). The monoisotopic (exact) mass is 302 g/mol. The van der Waals surface area contributed by atoms with Crippen LogP contribution in [-0.4, -0.2) is 18.2 Å². The molecule has 8 heteroatoms. The van der Waals surface area contributed by atoms with Crippen molar-refractivity contribution in [3.63, 3.8) is 0 Å². The Morgan fingerprint density at radius 2 is 1.95 bits per heavy atom. The zero-order chi connectivity index (χ0) is 14.0. The van der Waals surface area contributed by atoms with Crippen LogP contribution in [0.2, 0.25) is 0 Å². The predicted molar refractivity (Wildman–Crippen MR) is 69.2 cm³/mol. The van der Waals surface area contributed by atoms with E-state index in [9.17, 15) is 8.42 Å². The molecular weight excluding hydrogens is 292 g/mol. The van der Waals surface area contributed by atoms with Crippen LogP contribution in [0, 0.1) is 6.92 Å². The third kappa shape index (κ3) is 3.24. The minimum atomic E-state index is -4.22. The normalized spacial score (nSPS) is 11.9. The number of rotatable bonds is 4. The average molecular weight is 302 g/mol. The van der Waals surface area contributed by atoms with Gasteiger partial charge in [-0.3, -0.25) is 4.55 Å². The fraction of sp³-hybridized carbons (Fsp3) is 0.0909. The van der Waals surface area contributed by atoms with Crippen LogP contribution in [0.4, 0.5) is 0 Å². The molecule has 102 valence electrons. The van der Waals surface area contributed by atoms with E-state index in [0.29, 0.717) is 10.3 Å². The molecule has 0 aliphatic heterocycles. The summed E-state index contributed by atoms with van der Waals surface area (Å²) in [5.74, 6) is 0. The lowest BCUT2D eigenvalue weighted by atomic mass is 10.1. The Morgan fingerprint density at radius 1 is 1.21 bits per heavy atom. The van der Waals surface area contributed by atoms with Gasteiger partial charge in [0.25, 0.3) is 10.1 Å². The smallest absolute Gasteiger partial charge is 0.282 e. The molecule has 2 N–H and O–H groups in total. The minimum absolute atomic E-state index is 0.154. The van der Waals surface area contributed by atoms with Crippen LogP contribution < -0.4 is 0 Å². The van der Waals surface area contributed by atoms with Crippen molar-refractivity contribution in [1.82, 2.24) is 0 Å². The molecule has 0 bridgehead atoms. The SMILES string of the molecule is Cc1cc(SOOO)cc2ccc(S(=O)(=O)O)cc12. The van der Waals surface area contributed by atoms with Gasteiger partial charge in [-0.1, -0.05) is 11.1 Å². The van der Waals surface area contributed by atoms with Crippen molar-refractivity contribution in [1.29, 1.82) is 0 Å². The average Bonchev–Trinajstić information content (AvgIpc) is 2.35. The Morgan fingerprint density at radius 3 is 2.58 bits per heavy atom. The van der Waals surface area contributed by atoms with E-state index in [1.54, 1.807) is 25.1 Å². The summed E-state index contributed by atoms with van der Waals surface area (Å²) in [7, 11) is -4.22. The first-order valence-electron chi connectivity index (χ1n) is 5.08. The van der Waals surface area contributed by atoms with Gasteiger partial charge < -0.3 is 0 Å². The zero-order valence-corrected chi connectivity index (χ0v) is 11.4. The van der Waals surface area contributed by atoms with E-state index in [4.69, 9.17) is 9.81 Å². The Balaban J connectivity index is 2.54. The molecule has 0 saturated carbocycles. The van der Waals surface area contributed by atoms with Gasteiger partial charge in [-0.15, -0.1) is 4.33 Å². The molecule has 0 aliphatic rings. The highest BCUT2D eigenvalue weighted by atomic mass is 32.2. The molecule has 2 aromatic carbocycles. The Bertz CT molecular complexity index is 710. The summed E-state index contributed by atoms with van der Waals surface area (Å²) in [5, 5.41) is 13.1. The maximum absolute atomic E-state index is 11.1. The summed E-state index contributed by atoms with van der Waals surface area (Å²) in [6.45, 7) is 1.79. The third-order valence-corrected chi connectivity index (χ3v) is 3.97. The lowest BCUT2D eigenvalue weighted by molar-refractivity contribution is -0.432.